The fourth-order valence-corrected chi connectivity index (χ4v) is 5.86. The summed E-state index contributed by atoms with van der Waals surface area (Å²) in [5.41, 5.74) is 2.26. The number of nitriles is 1. The molecule has 10 heteroatoms. The van der Waals surface area contributed by atoms with Crippen LogP contribution in [0.15, 0.2) is 33.8 Å². The molecule has 8 nitrogen and oxygen atoms in total. The van der Waals surface area contributed by atoms with E-state index in [-0.39, 0.29) is 10.9 Å². The van der Waals surface area contributed by atoms with Crippen molar-refractivity contribution in [3.05, 3.63) is 40.3 Å². The summed E-state index contributed by atoms with van der Waals surface area (Å²) in [7, 11) is 1.57. The molecule has 2 heterocycles. The highest BCUT2D eigenvalue weighted by Crippen LogP contribution is 2.38. The second kappa shape index (κ2) is 9.63. The van der Waals surface area contributed by atoms with Crippen LogP contribution in [-0.2, 0) is 17.6 Å². The summed E-state index contributed by atoms with van der Waals surface area (Å²) in [6, 6.07) is 9.27. The predicted molar refractivity (Wildman–Crippen MR) is 118 cm³/mol. The van der Waals surface area contributed by atoms with Gasteiger partial charge in [-0.2, -0.15) is 5.26 Å². The van der Waals surface area contributed by atoms with Crippen LogP contribution in [0.5, 0.6) is 11.7 Å². The zero-order valence-corrected chi connectivity index (χ0v) is 19.3. The zero-order chi connectivity index (χ0) is 22.7. The molecule has 166 valence electrons. The number of carbonyl (C=O) groups is 1. The second-order valence-electron chi connectivity index (χ2n) is 7.31. The minimum absolute atomic E-state index is 0.211. The van der Waals surface area contributed by atoms with Gasteiger partial charge in [-0.1, -0.05) is 6.92 Å². The van der Waals surface area contributed by atoms with Crippen molar-refractivity contribution in [1.29, 1.82) is 5.26 Å². The first-order valence-corrected chi connectivity index (χ1v) is 12.0. The van der Waals surface area contributed by atoms with Gasteiger partial charge in [0.1, 0.15) is 16.8 Å². The smallest absolute Gasteiger partial charge is 0.298 e. The number of methoxy groups -OCH3 is 1. The number of anilines is 1. The third-order valence-electron chi connectivity index (χ3n) is 5.33. The first-order chi connectivity index (χ1) is 15.5. The Bertz CT molecular complexity index is 1160. The Kier molecular flexibility index (Phi) is 6.67. The van der Waals surface area contributed by atoms with Gasteiger partial charge >= 0.3 is 0 Å². The molecular formula is C22H22N4O4S2. The Morgan fingerprint density at radius 1 is 1.41 bits per heavy atom. The molecule has 0 aliphatic heterocycles. The van der Waals surface area contributed by atoms with Gasteiger partial charge < -0.3 is 19.7 Å². The minimum atomic E-state index is -0.610. The van der Waals surface area contributed by atoms with E-state index in [0.717, 1.165) is 43.0 Å². The van der Waals surface area contributed by atoms with E-state index in [1.54, 1.807) is 31.4 Å². The summed E-state index contributed by atoms with van der Waals surface area (Å²) >= 11 is 2.59. The normalized spacial score (nSPS) is 13.8. The summed E-state index contributed by atoms with van der Waals surface area (Å²) in [5, 5.41) is 29.0. The molecule has 1 amide bonds. The topological polar surface area (TPSA) is 115 Å². The number of thioether (sulfide) groups is 1. The lowest BCUT2D eigenvalue weighted by Gasteiger charge is -2.12. The number of thiophene rings is 1. The van der Waals surface area contributed by atoms with E-state index in [0.29, 0.717) is 28.4 Å². The van der Waals surface area contributed by atoms with Crippen molar-refractivity contribution in [1.82, 2.24) is 5.27 Å². The van der Waals surface area contributed by atoms with Gasteiger partial charge in [0, 0.05) is 17.0 Å². The monoisotopic (exact) mass is 470 g/mol. The number of carbonyl (C=O) groups excluding carboxylic acids is 1. The van der Waals surface area contributed by atoms with Crippen LogP contribution in [0, 0.1) is 11.3 Å². The molecule has 3 aromatic rings. The molecule has 4 rings (SSSR count). The third kappa shape index (κ3) is 4.31. The van der Waals surface area contributed by atoms with Crippen molar-refractivity contribution in [3.8, 4) is 23.5 Å². The molecule has 0 bridgehead atoms. The van der Waals surface area contributed by atoms with Gasteiger partial charge in [0.15, 0.2) is 5.95 Å². The van der Waals surface area contributed by atoms with E-state index in [1.807, 2.05) is 6.92 Å². The van der Waals surface area contributed by atoms with Crippen LogP contribution >= 0.6 is 23.1 Å². The number of aromatic nitrogens is 2. The predicted octanol–water partition coefficient (Wildman–Crippen LogP) is 3.35. The van der Waals surface area contributed by atoms with E-state index >= 15 is 0 Å². The lowest BCUT2D eigenvalue weighted by Crippen LogP contribution is -2.36. The molecule has 1 aromatic carbocycles. The Labute approximate surface area is 193 Å². The number of amides is 1. The Morgan fingerprint density at radius 3 is 2.84 bits per heavy atom. The average Bonchev–Trinajstić information content (AvgIpc) is 3.36. The van der Waals surface area contributed by atoms with Crippen molar-refractivity contribution < 1.29 is 23.8 Å². The van der Waals surface area contributed by atoms with Gasteiger partial charge in [-0.3, -0.25) is 4.79 Å². The second-order valence-corrected chi connectivity index (χ2v) is 9.60. The maximum absolute atomic E-state index is 13.1. The first kappa shape index (κ1) is 22.2. The number of fused-ring (bicyclic) bond motifs is 1. The van der Waals surface area contributed by atoms with Crippen molar-refractivity contribution in [2.24, 2.45) is 0 Å². The van der Waals surface area contributed by atoms with Gasteiger partial charge in [-0.25, -0.2) is 0 Å². The first-order valence-electron chi connectivity index (χ1n) is 10.3. The largest absolute Gasteiger partial charge is 0.538 e. The fourth-order valence-electron chi connectivity index (χ4n) is 3.65. The molecule has 0 radical (unpaired) electrons. The summed E-state index contributed by atoms with van der Waals surface area (Å²) in [6.45, 7) is 1.87. The van der Waals surface area contributed by atoms with Gasteiger partial charge in [0.25, 0.3) is 5.03 Å². The van der Waals surface area contributed by atoms with E-state index in [4.69, 9.17) is 9.26 Å². The molecule has 1 aliphatic carbocycles. The zero-order valence-electron chi connectivity index (χ0n) is 17.7. The van der Waals surface area contributed by atoms with Crippen molar-refractivity contribution in [2.75, 3.05) is 12.4 Å². The molecule has 0 fully saturated rings. The summed E-state index contributed by atoms with van der Waals surface area (Å²) in [6.07, 6.45) is 4.46. The van der Waals surface area contributed by atoms with Crippen molar-refractivity contribution in [2.45, 2.75) is 49.3 Å². The molecule has 0 saturated heterocycles. The van der Waals surface area contributed by atoms with Crippen LogP contribution in [0.25, 0.3) is 5.69 Å². The lowest BCUT2D eigenvalue weighted by molar-refractivity contribution is -0.705. The van der Waals surface area contributed by atoms with Crippen LogP contribution < -0.4 is 19.8 Å². The molecule has 2 aromatic heterocycles. The minimum Gasteiger partial charge on any atom is -0.538 e. The van der Waals surface area contributed by atoms with Crippen LogP contribution in [0.1, 0.15) is 42.2 Å². The molecule has 32 heavy (non-hydrogen) atoms. The Hall–Kier alpha value is -3.03. The number of hydrogen-bond acceptors (Lipinski definition) is 8. The summed E-state index contributed by atoms with van der Waals surface area (Å²) < 4.78 is 11.4. The van der Waals surface area contributed by atoms with Crippen LogP contribution in [-0.4, -0.2) is 23.5 Å². The number of benzene rings is 1. The molecule has 1 N–H and O–H groups in total. The van der Waals surface area contributed by atoms with Gasteiger partial charge in [-0.05, 0) is 66.2 Å². The van der Waals surface area contributed by atoms with Crippen LogP contribution in [0.2, 0.25) is 0 Å². The number of ether oxygens (including phenoxy) is 1. The van der Waals surface area contributed by atoms with Crippen molar-refractivity contribution in [3.63, 3.8) is 0 Å². The van der Waals surface area contributed by atoms with Crippen LogP contribution in [0.4, 0.5) is 5.00 Å². The number of nitrogens with one attached hydrogen (secondary N) is 1. The Morgan fingerprint density at radius 2 is 2.16 bits per heavy atom. The SMILES string of the molecule is CCC(Sc1c([O-])on[n+]1-c1ccc(OC)cc1)C(=O)Nc1sc2c(c1C#N)CCCC2. The number of rotatable bonds is 7. The van der Waals surface area contributed by atoms with Crippen molar-refractivity contribution >= 4 is 34.0 Å². The number of nitrogens with zero attached hydrogens (tertiary/aromatic N) is 3. The van der Waals surface area contributed by atoms with E-state index < -0.39 is 11.2 Å². The maximum Gasteiger partial charge on any atom is 0.298 e. The lowest BCUT2D eigenvalue weighted by atomic mass is 9.96. The standard InChI is InChI=1S/C22H22N4O4S2/c1-3-17(19(27)24-20-16(12-23)15-6-4-5-7-18(15)31-20)32-21-22(28)30-25-26(21)13-8-10-14(29-2)11-9-13/h8-11,17H,3-7H2,1-2H3,(H-,24,25,27,28). The molecular weight excluding hydrogens is 448 g/mol. The highest BCUT2D eigenvalue weighted by atomic mass is 32.2. The molecule has 1 unspecified atom stereocenters. The summed E-state index contributed by atoms with van der Waals surface area (Å²) in [4.78, 5) is 14.3. The number of hydrogen-bond donors (Lipinski definition) is 1. The van der Waals surface area contributed by atoms with E-state index in [1.165, 1.54) is 20.9 Å². The molecule has 1 aliphatic rings. The quantitative estimate of drug-likeness (QED) is 0.416. The molecule has 1 atom stereocenters. The third-order valence-corrected chi connectivity index (χ3v) is 7.93. The fraction of sp³-hybridized carbons (Fsp3) is 0.364. The van der Waals surface area contributed by atoms with Crippen LogP contribution in [0.3, 0.4) is 0 Å². The van der Waals surface area contributed by atoms with E-state index in [2.05, 4.69) is 16.7 Å². The van der Waals surface area contributed by atoms with E-state index in [9.17, 15) is 15.2 Å². The highest BCUT2D eigenvalue weighted by Gasteiger charge is 2.30. The highest BCUT2D eigenvalue weighted by molar-refractivity contribution is 8.00. The maximum atomic E-state index is 13.1. The van der Waals surface area contributed by atoms with Gasteiger partial charge in [-0.15, -0.1) is 11.3 Å². The van der Waals surface area contributed by atoms with Gasteiger partial charge in [0.05, 0.1) is 23.2 Å². The summed E-state index contributed by atoms with van der Waals surface area (Å²) in [5.74, 6) is -0.192. The molecule has 0 saturated carbocycles. The Balaban J connectivity index is 1.56. The average molecular weight is 471 g/mol. The number of aryl methyl sites for hydroxylation is 1. The van der Waals surface area contributed by atoms with Gasteiger partial charge in [0.2, 0.25) is 11.6 Å². The molecule has 0 spiro atoms.